The molecule has 2 rings (SSSR count). The Morgan fingerprint density at radius 3 is 3.00 bits per heavy atom. The van der Waals surface area contributed by atoms with Gasteiger partial charge < -0.3 is 4.74 Å². The molecule has 0 fully saturated rings. The van der Waals surface area contributed by atoms with Crippen LogP contribution in [0.15, 0.2) is 18.2 Å². The summed E-state index contributed by atoms with van der Waals surface area (Å²) < 4.78 is 5.19. The third-order valence-electron chi connectivity index (χ3n) is 2.53. The van der Waals surface area contributed by atoms with Crippen LogP contribution in [0.1, 0.15) is 22.3 Å². The lowest BCUT2D eigenvalue weighted by atomic mass is 9.90. The van der Waals surface area contributed by atoms with E-state index >= 15 is 0 Å². The Morgan fingerprint density at radius 2 is 2.29 bits per heavy atom. The zero-order valence-corrected chi connectivity index (χ0v) is 9.50. The summed E-state index contributed by atoms with van der Waals surface area (Å²) in [4.78, 5) is 11.8. The molecule has 1 aromatic carbocycles. The Morgan fingerprint density at radius 1 is 1.50 bits per heavy atom. The number of rotatable bonds is 1. The molecule has 0 saturated carbocycles. The van der Waals surface area contributed by atoms with Gasteiger partial charge in [0.15, 0.2) is 5.78 Å². The Hall–Kier alpha value is -0.830. The van der Waals surface area contributed by atoms with Gasteiger partial charge in [-0.3, -0.25) is 4.79 Å². The number of carbonyl (C=O) groups excluding carboxylic acids is 1. The molecule has 2 nitrogen and oxygen atoms in total. The minimum Gasteiger partial charge on any atom is -0.496 e. The van der Waals surface area contributed by atoms with Crippen molar-refractivity contribution in [1.82, 2.24) is 0 Å². The molecule has 3 heteroatoms. The molecule has 0 amide bonds. The van der Waals surface area contributed by atoms with Crippen molar-refractivity contribution in [2.24, 2.45) is 0 Å². The van der Waals surface area contributed by atoms with E-state index in [1.165, 1.54) is 0 Å². The highest BCUT2D eigenvalue weighted by atomic mass is 79.9. The van der Waals surface area contributed by atoms with E-state index in [-0.39, 0.29) is 10.6 Å². The van der Waals surface area contributed by atoms with Crippen molar-refractivity contribution >= 4 is 21.7 Å². The van der Waals surface area contributed by atoms with E-state index in [0.29, 0.717) is 5.75 Å². The molecular weight excluding hydrogens is 244 g/mol. The van der Waals surface area contributed by atoms with Crippen molar-refractivity contribution in [3.05, 3.63) is 29.3 Å². The number of fused-ring (bicyclic) bond motifs is 1. The maximum atomic E-state index is 11.9. The fraction of sp³-hybridized carbons (Fsp3) is 0.364. The normalized spacial score (nSPS) is 20.4. The van der Waals surface area contributed by atoms with Crippen molar-refractivity contribution in [3.63, 3.8) is 0 Å². The van der Waals surface area contributed by atoms with E-state index in [2.05, 4.69) is 15.9 Å². The molecule has 0 radical (unpaired) electrons. The Bertz CT molecular complexity index is 359. The Labute approximate surface area is 91.4 Å². The molecule has 1 aromatic rings. The predicted octanol–water partition coefficient (Wildman–Crippen LogP) is 2.59. The summed E-state index contributed by atoms with van der Waals surface area (Å²) >= 11 is 3.38. The lowest BCUT2D eigenvalue weighted by Crippen LogP contribution is -2.23. The maximum absolute atomic E-state index is 11.9. The van der Waals surface area contributed by atoms with Gasteiger partial charge in [0.2, 0.25) is 0 Å². The predicted molar refractivity (Wildman–Crippen MR) is 58.4 cm³/mol. The van der Waals surface area contributed by atoms with E-state index in [1.54, 1.807) is 7.11 Å². The standard InChI is InChI=1S/C11H11BrO2/c1-14-9-4-2-3-7-5-6-8(12)11(13)10(7)9/h2-4,8H,5-6H2,1H3. The van der Waals surface area contributed by atoms with Gasteiger partial charge in [-0.1, -0.05) is 28.1 Å². The average molecular weight is 255 g/mol. The minimum atomic E-state index is -0.0497. The second-order valence-corrected chi connectivity index (χ2v) is 4.47. The number of aryl methyl sites for hydroxylation is 1. The smallest absolute Gasteiger partial charge is 0.180 e. The van der Waals surface area contributed by atoms with Crippen LogP contribution in [0.4, 0.5) is 0 Å². The molecular formula is C11H11BrO2. The van der Waals surface area contributed by atoms with Crippen LogP contribution < -0.4 is 4.74 Å². The highest BCUT2D eigenvalue weighted by Gasteiger charge is 2.27. The van der Waals surface area contributed by atoms with Crippen LogP contribution in [-0.2, 0) is 6.42 Å². The lowest BCUT2D eigenvalue weighted by Gasteiger charge is -2.20. The molecule has 1 aliphatic rings. The van der Waals surface area contributed by atoms with Gasteiger partial charge in [-0.05, 0) is 24.5 Å². The number of ketones is 1. The van der Waals surface area contributed by atoms with E-state index in [0.717, 1.165) is 24.0 Å². The van der Waals surface area contributed by atoms with Gasteiger partial charge in [-0.15, -0.1) is 0 Å². The number of benzene rings is 1. The number of ether oxygens (including phenoxy) is 1. The number of methoxy groups -OCH3 is 1. The van der Waals surface area contributed by atoms with E-state index in [9.17, 15) is 4.79 Å². The van der Waals surface area contributed by atoms with E-state index in [1.807, 2.05) is 18.2 Å². The van der Waals surface area contributed by atoms with Crippen molar-refractivity contribution in [1.29, 1.82) is 0 Å². The Balaban J connectivity index is 2.55. The number of Topliss-reactive ketones (excluding diaryl/α,β-unsaturated/α-hetero) is 1. The molecule has 0 spiro atoms. The molecule has 0 saturated heterocycles. The monoisotopic (exact) mass is 254 g/mol. The first kappa shape index (κ1) is 9.71. The molecule has 1 unspecified atom stereocenters. The SMILES string of the molecule is COc1cccc2c1C(=O)C(Br)CC2. The van der Waals surface area contributed by atoms with Crippen LogP contribution in [0, 0.1) is 0 Å². The summed E-state index contributed by atoms with van der Waals surface area (Å²) in [5.74, 6) is 0.834. The third-order valence-corrected chi connectivity index (χ3v) is 3.40. The molecule has 0 aliphatic heterocycles. The molecule has 1 aliphatic carbocycles. The lowest BCUT2D eigenvalue weighted by molar-refractivity contribution is 0.0978. The summed E-state index contributed by atoms with van der Waals surface area (Å²) in [6.07, 6.45) is 1.81. The maximum Gasteiger partial charge on any atom is 0.180 e. The van der Waals surface area contributed by atoms with Crippen LogP contribution >= 0.6 is 15.9 Å². The van der Waals surface area contributed by atoms with Crippen molar-refractivity contribution in [3.8, 4) is 5.75 Å². The van der Waals surface area contributed by atoms with Gasteiger partial charge in [0.25, 0.3) is 0 Å². The molecule has 74 valence electrons. The highest BCUT2D eigenvalue weighted by molar-refractivity contribution is 9.10. The quantitative estimate of drug-likeness (QED) is 0.721. The summed E-state index contributed by atoms with van der Waals surface area (Å²) in [7, 11) is 1.60. The molecule has 0 bridgehead atoms. The summed E-state index contributed by atoms with van der Waals surface area (Å²) in [5, 5.41) is 0. The number of hydrogen-bond donors (Lipinski definition) is 0. The van der Waals surface area contributed by atoms with Gasteiger partial charge >= 0.3 is 0 Å². The van der Waals surface area contributed by atoms with Crippen LogP contribution in [0.3, 0.4) is 0 Å². The molecule has 1 atom stereocenters. The first-order valence-electron chi connectivity index (χ1n) is 4.58. The van der Waals surface area contributed by atoms with Crippen molar-refractivity contribution in [2.45, 2.75) is 17.7 Å². The fourth-order valence-electron chi connectivity index (χ4n) is 1.80. The molecule has 0 heterocycles. The van der Waals surface area contributed by atoms with Crippen LogP contribution in [0.5, 0.6) is 5.75 Å². The third kappa shape index (κ3) is 1.46. The van der Waals surface area contributed by atoms with Gasteiger partial charge in [0.1, 0.15) is 5.75 Å². The van der Waals surface area contributed by atoms with Crippen molar-refractivity contribution < 1.29 is 9.53 Å². The number of carbonyl (C=O) groups is 1. The number of halogens is 1. The van der Waals surface area contributed by atoms with Crippen LogP contribution in [0.2, 0.25) is 0 Å². The first-order valence-corrected chi connectivity index (χ1v) is 5.49. The van der Waals surface area contributed by atoms with Crippen molar-refractivity contribution in [2.75, 3.05) is 7.11 Å². The fourth-order valence-corrected chi connectivity index (χ4v) is 2.26. The zero-order valence-electron chi connectivity index (χ0n) is 7.92. The molecule has 14 heavy (non-hydrogen) atoms. The summed E-state index contributed by atoms with van der Waals surface area (Å²) in [6, 6.07) is 5.76. The van der Waals surface area contributed by atoms with Crippen LogP contribution in [0.25, 0.3) is 0 Å². The number of alkyl halides is 1. The van der Waals surface area contributed by atoms with E-state index < -0.39 is 0 Å². The molecule has 0 N–H and O–H groups in total. The van der Waals surface area contributed by atoms with E-state index in [4.69, 9.17) is 4.74 Å². The topological polar surface area (TPSA) is 26.3 Å². The highest BCUT2D eigenvalue weighted by Crippen LogP contribution is 2.31. The average Bonchev–Trinajstić information content (AvgIpc) is 2.23. The van der Waals surface area contributed by atoms with Gasteiger partial charge in [0.05, 0.1) is 17.5 Å². The molecule has 0 aromatic heterocycles. The number of hydrogen-bond acceptors (Lipinski definition) is 2. The Kier molecular flexibility index (Phi) is 2.59. The summed E-state index contributed by atoms with van der Waals surface area (Å²) in [6.45, 7) is 0. The first-order chi connectivity index (χ1) is 6.74. The minimum absolute atomic E-state index is 0.0497. The zero-order chi connectivity index (χ0) is 10.1. The van der Waals surface area contributed by atoms with Gasteiger partial charge in [-0.25, -0.2) is 0 Å². The van der Waals surface area contributed by atoms with Gasteiger partial charge in [-0.2, -0.15) is 0 Å². The second kappa shape index (κ2) is 3.73. The van der Waals surface area contributed by atoms with Gasteiger partial charge in [0, 0.05) is 0 Å². The second-order valence-electron chi connectivity index (χ2n) is 3.36. The van der Waals surface area contributed by atoms with Crippen LogP contribution in [-0.4, -0.2) is 17.7 Å². The summed E-state index contributed by atoms with van der Waals surface area (Å²) in [5.41, 5.74) is 1.85. The largest absolute Gasteiger partial charge is 0.496 e.